The summed E-state index contributed by atoms with van der Waals surface area (Å²) in [4.78, 5) is 0. The molecular formula is C18H29N. The summed E-state index contributed by atoms with van der Waals surface area (Å²) in [6.07, 6.45) is 6.93. The van der Waals surface area contributed by atoms with E-state index in [0.29, 0.717) is 0 Å². The first-order chi connectivity index (χ1) is 9.10. The van der Waals surface area contributed by atoms with Gasteiger partial charge in [-0.1, -0.05) is 38.3 Å². The van der Waals surface area contributed by atoms with Crippen molar-refractivity contribution in [2.45, 2.75) is 72.4 Å². The Morgan fingerprint density at radius 2 is 1.79 bits per heavy atom. The van der Waals surface area contributed by atoms with Crippen molar-refractivity contribution in [3.63, 3.8) is 0 Å². The second-order valence-corrected chi connectivity index (χ2v) is 6.38. The minimum absolute atomic E-state index is 0.736. The van der Waals surface area contributed by atoms with Crippen LogP contribution in [-0.4, -0.2) is 6.04 Å². The van der Waals surface area contributed by atoms with Crippen LogP contribution in [0.15, 0.2) is 12.1 Å². The fraction of sp³-hybridized carbons (Fsp3) is 0.667. The molecule has 106 valence electrons. The highest BCUT2D eigenvalue weighted by Crippen LogP contribution is 2.27. The monoisotopic (exact) mass is 259 g/mol. The Bertz CT molecular complexity index is 422. The molecule has 1 fully saturated rings. The molecule has 2 unspecified atom stereocenters. The quantitative estimate of drug-likeness (QED) is 0.828. The fourth-order valence-corrected chi connectivity index (χ4v) is 3.31. The van der Waals surface area contributed by atoms with E-state index < -0.39 is 0 Å². The maximum Gasteiger partial charge on any atom is 0.0210 e. The van der Waals surface area contributed by atoms with Crippen LogP contribution in [0.5, 0.6) is 0 Å². The smallest absolute Gasteiger partial charge is 0.0210 e. The first-order valence-electron chi connectivity index (χ1n) is 7.90. The van der Waals surface area contributed by atoms with E-state index in [1.54, 1.807) is 0 Å². The number of hydrogen-bond acceptors (Lipinski definition) is 1. The van der Waals surface area contributed by atoms with Crippen molar-refractivity contribution in [2.75, 3.05) is 0 Å². The Morgan fingerprint density at radius 1 is 1.05 bits per heavy atom. The number of benzene rings is 1. The van der Waals surface area contributed by atoms with Crippen molar-refractivity contribution in [3.05, 3.63) is 34.4 Å². The van der Waals surface area contributed by atoms with Crippen molar-refractivity contribution in [2.24, 2.45) is 5.92 Å². The maximum absolute atomic E-state index is 3.79. The summed E-state index contributed by atoms with van der Waals surface area (Å²) >= 11 is 0. The van der Waals surface area contributed by atoms with Gasteiger partial charge in [0.15, 0.2) is 0 Å². The third-order valence-electron chi connectivity index (χ3n) is 4.89. The topological polar surface area (TPSA) is 12.0 Å². The van der Waals surface area contributed by atoms with E-state index in [1.807, 2.05) is 0 Å². The van der Waals surface area contributed by atoms with Crippen molar-refractivity contribution >= 4 is 0 Å². The molecule has 0 bridgehead atoms. The maximum atomic E-state index is 3.79. The average Bonchev–Trinajstić information content (AvgIpc) is 2.41. The van der Waals surface area contributed by atoms with Crippen LogP contribution in [0.2, 0.25) is 0 Å². The van der Waals surface area contributed by atoms with Gasteiger partial charge in [-0.3, -0.25) is 0 Å². The molecule has 1 heteroatoms. The van der Waals surface area contributed by atoms with Crippen LogP contribution in [-0.2, 0) is 6.54 Å². The lowest BCUT2D eigenvalue weighted by molar-refractivity contribution is 0.278. The normalized spacial score (nSPS) is 23.6. The van der Waals surface area contributed by atoms with E-state index in [2.05, 4.69) is 45.1 Å². The predicted molar refractivity (Wildman–Crippen MR) is 83.5 cm³/mol. The van der Waals surface area contributed by atoms with Crippen LogP contribution in [0.4, 0.5) is 0 Å². The van der Waals surface area contributed by atoms with Crippen LogP contribution >= 0.6 is 0 Å². The van der Waals surface area contributed by atoms with Crippen LogP contribution in [0.1, 0.15) is 61.3 Å². The van der Waals surface area contributed by atoms with Crippen LogP contribution in [0, 0.1) is 26.7 Å². The summed E-state index contributed by atoms with van der Waals surface area (Å²) in [5.74, 6) is 0.951. The molecule has 0 heterocycles. The lowest BCUT2D eigenvalue weighted by Crippen LogP contribution is -2.33. The van der Waals surface area contributed by atoms with Gasteiger partial charge in [0.05, 0.1) is 0 Å². The van der Waals surface area contributed by atoms with Gasteiger partial charge in [-0.25, -0.2) is 0 Å². The molecule has 0 spiro atoms. The van der Waals surface area contributed by atoms with Gasteiger partial charge in [-0.2, -0.15) is 0 Å². The summed E-state index contributed by atoms with van der Waals surface area (Å²) in [5.41, 5.74) is 5.72. The van der Waals surface area contributed by atoms with Gasteiger partial charge >= 0.3 is 0 Å². The Labute approximate surface area is 118 Å². The summed E-state index contributed by atoms with van der Waals surface area (Å²) in [6.45, 7) is 10.0. The van der Waals surface area contributed by atoms with Crippen molar-refractivity contribution in [1.82, 2.24) is 5.32 Å². The number of rotatable bonds is 4. The zero-order valence-corrected chi connectivity index (χ0v) is 13.1. The van der Waals surface area contributed by atoms with Crippen molar-refractivity contribution in [1.29, 1.82) is 0 Å². The third-order valence-corrected chi connectivity index (χ3v) is 4.89. The fourth-order valence-electron chi connectivity index (χ4n) is 3.31. The summed E-state index contributed by atoms with van der Waals surface area (Å²) in [7, 11) is 0. The van der Waals surface area contributed by atoms with Crippen LogP contribution < -0.4 is 5.32 Å². The highest BCUT2D eigenvalue weighted by molar-refractivity contribution is 5.36. The molecule has 1 N–H and O–H groups in total. The largest absolute Gasteiger partial charge is 0.310 e. The zero-order valence-electron chi connectivity index (χ0n) is 13.1. The highest BCUT2D eigenvalue weighted by Gasteiger charge is 2.20. The lowest BCUT2D eigenvalue weighted by atomic mass is 9.84. The van der Waals surface area contributed by atoms with Gasteiger partial charge < -0.3 is 5.32 Å². The molecule has 1 aromatic carbocycles. The average molecular weight is 259 g/mol. The van der Waals surface area contributed by atoms with Gasteiger partial charge in [0.25, 0.3) is 0 Å². The Kier molecular flexibility index (Phi) is 5.04. The van der Waals surface area contributed by atoms with Gasteiger partial charge in [-0.05, 0) is 61.8 Å². The second kappa shape index (κ2) is 6.56. The molecule has 1 aromatic rings. The molecule has 1 aliphatic carbocycles. The van der Waals surface area contributed by atoms with Gasteiger partial charge in [-0.15, -0.1) is 0 Å². The standard InChI is InChI=1S/C18H29N/c1-5-16-7-6-8-18(11-16)19-12-17-10-14(3)13(2)9-15(17)4/h9-10,16,18-19H,5-8,11-12H2,1-4H3. The van der Waals surface area contributed by atoms with Crippen LogP contribution in [0.25, 0.3) is 0 Å². The molecule has 1 aliphatic rings. The molecule has 2 atom stereocenters. The number of hydrogen-bond donors (Lipinski definition) is 1. The highest BCUT2D eigenvalue weighted by atomic mass is 14.9. The van der Waals surface area contributed by atoms with Crippen molar-refractivity contribution < 1.29 is 0 Å². The Balaban J connectivity index is 1.93. The van der Waals surface area contributed by atoms with E-state index >= 15 is 0 Å². The molecular weight excluding hydrogens is 230 g/mol. The molecule has 0 saturated heterocycles. The van der Waals surface area contributed by atoms with E-state index in [4.69, 9.17) is 0 Å². The Hall–Kier alpha value is -0.820. The minimum atomic E-state index is 0.736. The summed E-state index contributed by atoms with van der Waals surface area (Å²) < 4.78 is 0. The number of nitrogens with one attached hydrogen (secondary N) is 1. The zero-order chi connectivity index (χ0) is 13.8. The van der Waals surface area contributed by atoms with Gasteiger partial charge in [0.2, 0.25) is 0 Å². The molecule has 0 radical (unpaired) electrons. The second-order valence-electron chi connectivity index (χ2n) is 6.38. The van der Waals surface area contributed by atoms with E-state index in [1.165, 1.54) is 54.4 Å². The van der Waals surface area contributed by atoms with E-state index in [9.17, 15) is 0 Å². The molecule has 1 nitrogen and oxygen atoms in total. The SMILES string of the molecule is CCC1CCCC(NCc2cc(C)c(C)cc2C)C1. The van der Waals surface area contributed by atoms with E-state index in [0.717, 1.165) is 18.5 Å². The first-order valence-corrected chi connectivity index (χ1v) is 7.90. The molecule has 0 aliphatic heterocycles. The lowest BCUT2D eigenvalue weighted by Gasteiger charge is -2.29. The molecule has 0 aromatic heterocycles. The van der Waals surface area contributed by atoms with Gasteiger partial charge in [0.1, 0.15) is 0 Å². The summed E-state index contributed by atoms with van der Waals surface area (Å²) in [6, 6.07) is 5.42. The van der Waals surface area contributed by atoms with Crippen molar-refractivity contribution in [3.8, 4) is 0 Å². The third kappa shape index (κ3) is 3.82. The van der Waals surface area contributed by atoms with Crippen LogP contribution in [0.3, 0.4) is 0 Å². The Morgan fingerprint density at radius 3 is 2.53 bits per heavy atom. The molecule has 19 heavy (non-hydrogen) atoms. The molecule has 1 saturated carbocycles. The summed E-state index contributed by atoms with van der Waals surface area (Å²) in [5, 5.41) is 3.79. The predicted octanol–water partition coefficient (Wildman–Crippen LogP) is 4.67. The molecule has 0 amide bonds. The number of aryl methyl sites for hydroxylation is 3. The minimum Gasteiger partial charge on any atom is -0.310 e. The first kappa shape index (κ1) is 14.6. The van der Waals surface area contributed by atoms with Gasteiger partial charge in [0, 0.05) is 12.6 Å². The molecule has 2 rings (SSSR count). The van der Waals surface area contributed by atoms with E-state index in [-0.39, 0.29) is 0 Å².